The molecule has 0 saturated carbocycles. The Morgan fingerprint density at radius 1 is 1.08 bits per heavy atom. The highest BCUT2D eigenvalue weighted by Crippen LogP contribution is 2.21. The van der Waals surface area contributed by atoms with Crippen LogP contribution in [0.2, 0.25) is 10.0 Å². The van der Waals surface area contributed by atoms with E-state index < -0.39 is 10.0 Å². The van der Waals surface area contributed by atoms with Crippen molar-refractivity contribution in [3.05, 3.63) is 64.1 Å². The summed E-state index contributed by atoms with van der Waals surface area (Å²) in [7, 11) is -3.50. The number of nitrogens with one attached hydrogen (secondary N) is 1. The minimum atomic E-state index is -3.50. The lowest BCUT2D eigenvalue weighted by Gasteiger charge is -2.22. The summed E-state index contributed by atoms with van der Waals surface area (Å²) in [6, 6.07) is 13.0. The molecule has 1 N–H and O–H groups in total. The molecule has 2 rings (SSSR count). The van der Waals surface area contributed by atoms with Crippen LogP contribution in [0.4, 0.5) is 5.69 Å². The van der Waals surface area contributed by atoms with Crippen molar-refractivity contribution in [1.29, 1.82) is 0 Å². The van der Waals surface area contributed by atoms with Crippen molar-refractivity contribution in [2.45, 2.75) is 0 Å². The molecule has 0 aromatic heterocycles. The van der Waals surface area contributed by atoms with Gasteiger partial charge in [0.1, 0.15) is 0 Å². The number of amides is 1. The van der Waals surface area contributed by atoms with Crippen molar-refractivity contribution in [1.82, 2.24) is 5.32 Å². The Morgan fingerprint density at radius 2 is 1.71 bits per heavy atom. The van der Waals surface area contributed by atoms with Crippen molar-refractivity contribution < 1.29 is 13.2 Å². The van der Waals surface area contributed by atoms with Crippen LogP contribution in [0.25, 0.3) is 0 Å². The van der Waals surface area contributed by atoms with Crippen LogP contribution in [0.1, 0.15) is 10.4 Å². The van der Waals surface area contributed by atoms with Crippen LogP contribution < -0.4 is 9.62 Å². The molecule has 8 heteroatoms. The van der Waals surface area contributed by atoms with E-state index in [1.54, 1.807) is 48.5 Å². The molecule has 0 heterocycles. The Labute approximate surface area is 151 Å². The highest BCUT2D eigenvalue weighted by atomic mass is 35.5. The van der Waals surface area contributed by atoms with Crippen LogP contribution in [-0.4, -0.2) is 33.7 Å². The Hall–Kier alpha value is -1.76. The van der Waals surface area contributed by atoms with Gasteiger partial charge in [-0.1, -0.05) is 35.3 Å². The van der Waals surface area contributed by atoms with Crippen LogP contribution in [0.3, 0.4) is 0 Å². The molecule has 5 nitrogen and oxygen atoms in total. The van der Waals surface area contributed by atoms with Crippen LogP contribution in [0.5, 0.6) is 0 Å². The van der Waals surface area contributed by atoms with Crippen LogP contribution in [-0.2, 0) is 10.0 Å². The largest absolute Gasteiger partial charge is 0.350 e. The monoisotopic (exact) mass is 386 g/mol. The highest BCUT2D eigenvalue weighted by molar-refractivity contribution is 7.92. The summed E-state index contributed by atoms with van der Waals surface area (Å²) >= 11 is 11.8. The average Bonchev–Trinajstić information content (AvgIpc) is 2.50. The number of carbonyl (C=O) groups is 1. The molecule has 0 spiro atoms. The summed E-state index contributed by atoms with van der Waals surface area (Å²) in [5.74, 6) is -0.322. The third kappa shape index (κ3) is 5.12. The topological polar surface area (TPSA) is 66.5 Å². The van der Waals surface area contributed by atoms with E-state index in [1.165, 1.54) is 4.31 Å². The van der Waals surface area contributed by atoms with Gasteiger partial charge in [-0.15, -0.1) is 0 Å². The predicted octanol–water partition coefficient (Wildman–Crippen LogP) is 3.19. The zero-order valence-electron chi connectivity index (χ0n) is 12.9. The van der Waals surface area contributed by atoms with E-state index in [0.717, 1.165) is 6.26 Å². The van der Waals surface area contributed by atoms with E-state index in [4.69, 9.17) is 23.2 Å². The predicted molar refractivity (Wildman–Crippen MR) is 97.4 cm³/mol. The second-order valence-corrected chi connectivity index (χ2v) is 7.86. The fraction of sp³-hybridized carbons (Fsp3) is 0.188. The maximum atomic E-state index is 12.1. The van der Waals surface area contributed by atoms with Crippen LogP contribution >= 0.6 is 23.2 Å². The quantitative estimate of drug-likeness (QED) is 0.828. The second kappa shape index (κ2) is 7.88. The van der Waals surface area contributed by atoms with Gasteiger partial charge in [0, 0.05) is 22.2 Å². The maximum absolute atomic E-state index is 12.1. The van der Waals surface area contributed by atoms with Crippen LogP contribution in [0, 0.1) is 0 Å². The first kappa shape index (κ1) is 18.6. The molecule has 0 saturated heterocycles. The average molecular weight is 387 g/mol. The van der Waals surface area contributed by atoms with Crippen molar-refractivity contribution >= 4 is 44.8 Å². The number of nitrogens with zero attached hydrogens (tertiary/aromatic N) is 1. The highest BCUT2D eigenvalue weighted by Gasteiger charge is 2.17. The van der Waals surface area contributed by atoms with Crippen molar-refractivity contribution in [2.24, 2.45) is 0 Å². The van der Waals surface area contributed by atoms with E-state index in [-0.39, 0.29) is 19.0 Å². The normalized spacial score (nSPS) is 11.1. The third-order valence-electron chi connectivity index (χ3n) is 3.18. The Morgan fingerprint density at radius 3 is 2.29 bits per heavy atom. The molecule has 0 aliphatic carbocycles. The van der Waals surface area contributed by atoms with E-state index in [1.807, 2.05) is 0 Å². The number of rotatable bonds is 6. The van der Waals surface area contributed by atoms with Gasteiger partial charge < -0.3 is 5.32 Å². The van der Waals surface area contributed by atoms with Gasteiger partial charge in [-0.05, 0) is 36.4 Å². The SMILES string of the molecule is CS(=O)(=O)N(CCNC(=O)c1cccc(Cl)c1)c1cccc(Cl)c1. The molecule has 0 aliphatic rings. The number of halogens is 2. The number of sulfonamides is 1. The van der Waals surface area contributed by atoms with Crippen molar-refractivity contribution in [2.75, 3.05) is 23.7 Å². The molecule has 0 atom stereocenters. The van der Waals surface area contributed by atoms with Gasteiger partial charge in [0.25, 0.3) is 5.91 Å². The lowest BCUT2D eigenvalue weighted by molar-refractivity contribution is 0.0955. The first-order valence-electron chi connectivity index (χ1n) is 7.04. The molecule has 0 bridgehead atoms. The smallest absolute Gasteiger partial charge is 0.251 e. The third-order valence-corrected chi connectivity index (χ3v) is 4.85. The molecule has 1 amide bonds. The van der Waals surface area contributed by atoms with Gasteiger partial charge in [0.2, 0.25) is 10.0 Å². The number of benzene rings is 2. The van der Waals surface area contributed by atoms with E-state index in [0.29, 0.717) is 21.3 Å². The summed E-state index contributed by atoms with van der Waals surface area (Å²) in [6.07, 6.45) is 1.10. The fourth-order valence-corrected chi connectivity index (χ4v) is 3.41. The Balaban J connectivity index is 2.05. The standard InChI is InChI=1S/C16H16Cl2N2O3S/c1-24(22,23)20(15-7-3-6-14(18)11-15)9-8-19-16(21)12-4-2-5-13(17)10-12/h2-7,10-11H,8-9H2,1H3,(H,19,21). The zero-order chi connectivity index (χ0) is 17.7. The van der Waals surface area contributed by atoms with Gasteiger partial charge in [-0.2, -0.15) is 0 Å². The molecule has 0 unspecified atom stereocenters. The van der Waals surface area contributed by atoms with Gasteiger partial charge >= 0.3 is 0 Å². The van der Waals surface area contributed by atoms with Crippen molar-refractivity contribution in [3.8, 4) is 0 Å². The summed E-state index contributed by atoms with van der Waals surface area (Å²) in [4.78, 5) is 12.1. The lowest BCUT2D eigenvalue weighted by Crippen LogP contribution is -2.38. The number of carbonyl (C=O) groups excluding carboxylic acids is 1. The van der Waals surface area contributed by atoms with E-state index >= 15 is 0 Å². The fourth-order valence-electron chi connectivity index (χ4n) is 2.12. The summed E-state index contributed by atoms with van der Waals surface area (Å²) in [6.45, 7) is 0.233. The molecule has 2 aromatic rings. The molecule has 2 aromatic carbocycles. The van der Waals surface area contributed by atoms with E-state index in [9.17, 15) is 13.2 Å². The summed E-state index contributed by atoms with van der Waals surface area (Å²) in [5.41, 5.74) is 0.859. The first-order valence-corrected chi connectivity index (χ1v) is 9.65. The van der Waals surface area contributed by atoms with Gasteiger partial charge in [0.15, 0.2) is 0 Å². The first-order chi connectivity index (χ1) is 11.3. The van der Waals surface area contributed by atoms with Gasteiger partial charge in [-0.25, -0.2) is 8.42 Å². The maximum Gasteiger partial charge on any atom is 0.251 e. The van der Waals surface area contributed by atoms with Gasteiger partial charge in [0.05, 0.1) is 18.5 Å². The molecular weight excluding hydrogens is 371 g/mol. The number of hydrogen-bond donors (Lipinski definition) is 1. The molecular formula is C16H16Cl2N2O3S. The molecule has 0 aliphatic heterocycles. The molecule has 0 radical (unpaired) electrons. The minimum Gasteiger partial charge on any atom is -0.350 e. The second-order valence-electron chi connectivity index (χ2n) is 5.08. The molecule has 0 fully saturated rings. The minimum absolute atomic E-state index is 0.0888. The van der Waals surface area contributed by atoms with Crippen molar-refractivity contribution in [3.63, 3.8) is 0 Å². The number of hydrogen-bond acceptors (Lipinski definition) is 3. The molecule has 24 heavy (non-hydrogen) atoms. The summed E-state index contributed by atoms with van der Waals surface area (Å²) < 4.78 is 25.2. The van der Waals surface area contributed by atoms with Crippen LogP contribution in [0.15, 0.2) is 48.5 Å². The Kier molecular flexibility index (Phi) is 6.10. The zero-order valence-corrected chi connectivity index (χ0v) is 15.2. The van der Waals surface area contributed by atoms with E-state index in [2.05, 4.69) is 5.32 Å². The summed E-state index contributed by atoms with van der Waals surface area (Å²) in [5, 5.41) is 3.57. The number of anilines is 1. The lowest BCUT2D eigenvalue weighted by atomic mass is 10.2. The Bertz CT molecular complexity index is 841. The molecule has 128 valence electrons. The van der Waals surface area contributed by atoms with Gasteiger partial charge in [-0.3, -0.25) is 9.10 Å².